The molecule has 1 aromatic rings. The van der Waals surface area contributed by atoms with Gasteiger partial charge < -0.3 is 19.6 Å². The minimum absolute atomic E-state index is 0.00764. The lowest BCUT2D eigenvalue weighted by atomic mass is 10.4. The van der Waals surface area contributed by atoms with Crippen LogP contribution in [0.2, 0.25) is 0 Å². The van der Waals surface area contributed by atoms with E-state index < -0.39 is 10.7 Å². The molecule has 0 spiro atoms. The average molecular weight is 198 g/mol. The number of pyridine rings is 1. The summed E-state index contributed by atoms with van der Waals surface area (Å²) in [5, 5.41) is 10.5. The summed E-state index contributed by atoms with van der Waals surface area (Å²) < 4.78 is 9.04. The molecule has 7 nitrogen and oxygen atoms in total. The van der Waals surface area contributed by atoms with Crippen LogP contribution >= 0.6 is 0 Å². The van der Waals surface area contributed by atoms with E-state index >= 15 is 0 Å². The maximum absolute atomic E-state index is 10.5. The van der Waals surface area contributed by atoms with Gasteiger partial charge in [0.1, 0.15) is 0 Å². The van der Waals surface area contributed by atoms with Gasteiger partial charge in [-0.25, -0.2) is 0 Å². The Morgan fingerprint density at radius 2 is 2.29 bits per heavy atom. The number of carbonyl (C=O) groups excluding carboxylic acids is 1. The summed E-state index contributed by atoms with van der Waals surface area (Å²) >= 11 is 0. The average Bonchev–Trinajstić information content (AvgIpc) is 2.18. The fourth-order valence-electron chi connectivity index (χ4n) is 0.823. The summed E-state index contributed by atoms with van der Waals surface area (Å²) in [5.74, 6) is -0.632. The number of ether oxygens (including phenoxy) is 2. The van der Waals surface area contributed by atoms with Crippen molar-refractivity contribution in [1.29, 1.82) is 0 Å². The highest BCUT2D eigenvalue weighted by molar-refractivity contribution is 5.47. The summed E-state index contributed by atoms with van der Waals surface area (Å²) in [7, 11) is 1.28. The number of hydrogen-bond acceptors (Lipinski definition) is 6. The third-order valence-corrected chi connectivity index (χ3v) is 1.38. The molecule has 7 heteroatoms. The Kier molecular flexibility index (Phi) is 2.95. The zero-order valence-corrected chi connectivity index (χ0v) is 7.17. The topological polar surface area (TPSA) is 91.6 Å². The van der Waals surface area contributed by atoms with Crippen molar-refractivity contribution in [3.05, 3.63) is 22.2 Å². The van der Waals surface area contributed by atoms with Crippen molar-refractivity contribution in [3.8, 4) is 11.6 Å². The second-order valence-corrected chi connectivity index (χ2v) is 2.15. The lowest BCUT2D eigenvalue weighted by Gasteiger charge is -2.00. The molecule has 0 radical (unpaired) electrons. The van der Waals surface area contributed by atoms with Gasteiger partial charge in [-0.3, -0.25) is 4.79 Å². The van der Waals surface area contributed by atoms with Crippen LogP contribution in [0.4, 0.5) is 5.82 Å². The van der Waals surface area contributed by atoms with Crippen LogP contribution in [-0.2, 0) is 4.79 Å². The van der Waals surface area contributed by atoms with Crippen molar-refractivity contribution in [1.82, 2.24) is 4.98 Å². The second-order valence-electron chi connectivity index (χ2n) is 2.15. The zero-order chi connectivity index (χ0) is 10.6. The summed E-state index contributed by atoms with van der Waals surface area (Å²) in [6.07, 6.45) is 0. The number of aromatic nitrogens is 1. The van der Waals surface area contributed by atoms with Crippen molar-refractivity contribution in [2.75, 3.05) is 7.11 Å². The van der Waals surface area contributed by atoms with Crippen LogP contribution in [0.1, 0.15) is 0 Å². The maximum atomic E-state index is 10.5. The van der Waals surface area contributed by atoms with Crippen molar-refractivity contribution >= 4 is 12.3 Å². The van der Waals surface area contributed by atoms with Crippen molar-refractivity contribution < 1.29 is 19.2 Å². The molecule has 0 saturated heterocycles. The van der Waals surface area contributed by atoms with Crippen molar-refractivity contribution in [2.24, 2.45) is 0 Å². The van der Waals surface area contributed by atoms with Crippen LogP contribution in [0.3, 0.4) is 0 Å². The minimum Gasteiger partial charge on any atom is -0.489 e. The molecule has 0 fully saturated rings. The van der Waals surface area contributed by atoms with Crippen molar-refractivity contribution in [2.45, 2.75) is 0 Å². The first-order valence-corrected chi connectivity index (χ1v) is 3.48. The quantitative estimate of drug-likeness (QED) is 0.398. The first-order valence-electron chi connectivity index (χ1n) is 3.48. The monoisotopic (exact) mass is 198 g/mol. The van der Waals surface area contributed by atoms with Crippen LogP contribution < -0.4 is 9.47 Å². The van der Waals surface area contributed by atoms with E-state index in [0.29, 0.717) is 0 Å². The molecule has 0 aliphatic heterocycles. The Morgan fingerprint density at radius 3 is 2.79 bits per heavy atom. The van der Waals surface area contributed by atoms with Gasteiger partial charge in [0, 0.05) is 11.1 Å². The van der Waals surface area contributed by atoms with E-state index in [9.17, 15) is 14.9 Å². The minimum atomic E-state index is -0.726. The summed E-state index contributed by atoms with van der Waals surface area (Å²) in [5.41, 5.74) is 0. The predicted octanol–water partition coefficient (Wildman–Crippen LogP) is 0.534. The molecular formula is C7H6N2O5. The maximum Gasteiger partial charge on any atom is 0.409 e. The normalized spacial score (nSPS) is 9.21. The lowest BCUT2D eigenvalue weighted by Crippen LogP contribution is -1.99. The predicted molar refractivity (Wildman–Crippen MR) is 44.1 cm³/mol. The molecule has 0 aliphatic carbocycles. The van der Waals surface area contributed by atoms with Crippen LogP contribution in [0.5, 0.6) is 11.6 Å². The van der Waals surface area contributed by atoms with Gasteiger partial charge in [0.25, 0.3) is 0 Å². The molecule has 14 heavy (non-hydrogen) atoms. The molecule has 1 rings (SSSR count). The molecular weight excluding hydrogens is 192 g/mol. The fourth-order valence-corrected chi connectivity index (χ4v) is 0.823. The number of methoxy groups -OCH3 is 1. The van der Waals surface area contributed by atoms with E-state index in [1.165, 1.54) is 19.2 Å². The Morgan fingerprint density at radius 1 is 1.57 bits per heavy atom. The number of rotatable bonds is 4. The van der Waals surface area contributed by atoms with Gasteiger partial charge in [0.2, 0.25) is 5.75 Å². The van der Waals surface area contributed by atoms with Crippen LogP contribution in [0, 0.1) is 10.1 Å². The van der Waals surface area contributed by atoms with Gasteiger partial charge in [-0.1, -0.05) is 0 Å². The van der Waals surface area contributed by atoms with Gasteiger partial charge in [0.15, 0.2) is 0 Å². The SMILES string of the molecule is COc1ccc(OC=O)nc1[N+](=O)[O-]. The summed E-state index contributed by atoms with van der Waals surface area (Å²) in [6.45, 7) is 0.137. The summed E-state index contributed by atoms with van der Waals surface area (Å²) in [6, 6.07) is 2.59. The Bertz CT molecular complexity index is 365. The smallest absolute Gasteiger partial charge is 0.409 e. The van der Waals surface area contributed by atoms with Gasteiger partial charge in [-0.05, 0) is 11.0 Å². The van der Waals surface area contributed by atoms with Gasteiger partial charge in [-0.2, -0.15) is 0 Å². The molecule has 0 aromatic carbocycles. The largest absolute Gasteiger partial charge is 0.489 e. The first-order chi connectivity index (χ1) is 6.69. The van der Waals surface area contributed by atoms with E-state index in [2.05, 4.69) is 9.72 Å². The molecule has 0 saturated carbocycles. The van der Waals surface area contributed by atoms with E-state index in [4.69, 9.17) is 4.74 Å². The van der Waals surface area contributed by atoms with Crippen LogP contribution in [0.15, 0.2) is 12.1 Å². The van der Waals surface area contributed by atoms with E-state index in [-0.39, 0.29) is 18.1 Å². The van der Waals surface area contributed by atoms with E-state index in [1.807, 2.05) is 0 Å². The second kappa shape index (κ2) is 4.17. The third-order valence-electron chi connectivity index (χ3n) is 1.38. The summed E-state index contributed by atoms with van der Waals surface area (Å²) in [4.78, 5) is 23.1. The van der Waals surface area contributed by atoms with Crippen LogP contribution in [-0.4, -0.2) is 23.5 Å². The number of nitro groups is 1. The van der Waals surface area contributed by atoms with Gasteiger partial charge in [-0.15, -0.1) is 0 Å². The molecule has 0 bridgehead atoms. The Balaban J connectivity index is 3.13. The van der Waals surface area contributed by atoms with E-state index in [0.717, 1.165) is 0 Å². The molecule has 0 aliphatic rings. The van der Waals surface area contributed by atoms with Crippen LogP contribution in [0.25, 0.3) is 0 Å². The van der Waals surface area contributed by atoms with E-state index in [1.54, 1.807) is 0 Å². The molecule has 0 unspecified atom stereocenters. The lowest BCUT2D eigenvalue weighted by molar-refractivity contribution is -0.390. The molecule has 1 heterocycles. The number of nitrogens with zero attached hydrogens (tertiary/aromatic N) is 2. The molecule has 0 atom stereocenters. The Labute approximate surface area is 78.4 Å². The highest BCUT2D eigenvalue weighted by Gasteiger charge is 2.18. The molecule has 74 valence electrons. The standard InChI is InChI=1S/C7H6N2O5/c1-13-5-2-3-6(14-4-10)8-7(5)9(11)12/h2-4H,1H3. The van der Waals surface area contributed by atoms with Gasteiger partial charge in [0.05, 0.1) is 7.11 Å². The van der Waals surface area contributed by atoms with Gasteiger partial charge >= 0.3 is 18.2 Å². The fraction of sp³-hybridized carbons (Fsp3) is 0.143. The first kappa shape index (κ1) is 9.90. The zero-order valence-electron chi connectivity index (χ0n) is 7.17. The third kappa shape index (κ3) is 1.94. The highest BCUT2D eigenvalue weighted by atomic mass is 16.6. The highest BCUT2D eigenvalue weighted by Crippen LogP contribution is 2.26. The molecule has 0 amide bonds. The molecule has 1 aromatic heterocycles. The molecule has 0 N–H and O–H groups in total. The number of carbonyl (C=O) groups is 1. The number of hydrogen-bond donors (Lipinski definition) is 0. The van der Waals surface area contributed by atoms with Crippen molar-refractivity contribution in [3.63, 3.8) is 0 Å². The Hall–Kier alpha value is -2.18.